The van der Waals surface area contributed by atoms with E-state index in [-0.39, 0.29) is 18.3 Å². The van der Waals surface area contributed by atoms with Crippen LogP contribution in [0.5, 0.6) is 0 Å². The van der Waals surface area contributed by atoms with Crippen LogP contribution in [0.15, 0.2) is 0 Å². The van der Waals surface area contributed by atoms with E-state index in [1.807, 2.05) is 4.90 Å². The van der Waals surface area contributed by atoms with Crippen LogP contribution in [0.2, 0.25) is 0 Å². The Morgan fingerprint density at radius 1 is 1.59 bits per heavy atom. The molecule has 1 amide bonds. The highest BCUT2D eigenvalue weighted by molar-refractivity contribution is 7.95. The van der Waals surface area contributed by atoms with E-state index >= 15 is 0 Å². The maximum Gasteiger partial charge on any atom is 0.411 e. The molecule has 0 spiro atoms. The fraction of sp³-hybridized carbons (Fsp3) is 0.909. The first-order valence-corrected chi connectivity index (χ1v) is 7.15. The summed E-state index contributed by atoms with van der Waals surface area (Å²) < 4.78 is 11.6. The molecule has 0 aromatic rings. The third-order valence-electron chi connectivity index (χ3n) is 3.43. The van der Waals surface area contributed by atoms with Gasteiger partial charge in [-0.25, -0.2) is 9.52 Å². The van der Waals surface area contributed by atoms with Crippen LogP contribution in [0.4, 0.5) is 4.79 Å². The van der Waals surface area contributed by atoms with E-state index < -0.39 is 0 Å². The summed E-state index contributed by atoms with van der Waals surface area (Å²) in [6, 6.07) is 0.260. The molecule has 0 saturated carbocycles. The Balaban J connectivity index is 1.75. The van der Waals surface area contributed by atoms with Crippen LogP contribution in [0.1, 0.15) is 33.1 Å². The molecular weight excluding hydrogens is 238 g/mol. The summed E-state index contributed by atoms with van der Waals surface area (Å²) in [5.41, 5.74) is 0. The molecule has 2 N–H and O–H groups in total. The van der Waals surface area contributed by atoms with Gasteiger partial charge in [-0.3, -0.25) is 9.62 Å². The number of fused-ring (bicyclic) bond motifs is 1. The van der Waals surface area contributed by atoms with Gasteiger partial charge in [-0.2, -0.15) is 0 Å². The number of unbranched alkanes of at least 4 members (excludes halogenated alkanes) is 1. The van der Waals surface area contributed by atoms with Crippen LogP contribution >= 0.6 is 12.1 Å². The van der Waals surface area contributed by atoms with E-state index in [1.165, 1.54) is 25.0 Å². The second-order valence-corrected chi connectivity index (χ2v) is 5.48. The lowest BCUT2D eigenvalue weighted by Gasteiger charge is -2.21. The van der Waals surface area contributed by atoms with Gasteiger partial charge in [0.1, 0.15) is 6.61 Å². The van der Waals surface area contributed by atoms with Crippen molar-refractivity contribution in [3.8, 4) is 0 Å². The number of nitrogens with zero attached hydrogens (tertiary/aromatic N) is 1. The topological polar surface area (TPSA) is 53.6 Å². The second-order valence-electron chi connectivity index (χ2n) is 4.75. The number of hydrogen-bond donors (Lipinski definition) is 2. The Bertz CT molecular complexity index is 277. The Labute approximate surface area is 107 Å². The van der Waals surface area contributed by atoms with E-state index in [0.717, 1.165) is 13.0 Å². The van der Waals surface area contributed by atoms with Crippen LogP contribution in [0, 0.1) is 5.92 Å². The molecule has 2 aliphatic heterocycles. The van der Waals surface area contributed by atoms with Gasteiger partial charge in [-0.05, 0) is 18.8 Å². The number of hydrogen-bond acceptors (Lipinski definition) is 5. The maximum atomic E-state index is 11.6. The molecular formula is C11H21N3O2S. The number of carbonyl (C=O) groups is 1. The van der Waals surface area contributed by atoms with Crippen LogP contribution in [-0.2, 0) is 4.74 Å². The zero-order chi connectivity index (χ0) is 12.3. The van der Waals surface area contributed by atoms with E-state index in [0.29, 0.717) is 12.5 Å². The zero-order valence-electron chi connectivity index (χ0n) is 10.4. The quantitative estimate of drug-likeness (QED) is 0.562. The molecule has 0 bridgehead atoms. The van der Waals surface area contributed by atoms with Crippen molar-refractivity contribution in [1.82, 2.24) is 14.3 Å². The minimum absolute atomic E-state index is 0.101. The average molecular weight is 259 g/mol. The lowest BCUT2D eigenvalue weighted by atomic mass is 10.0. The molecule has 2 unspecified atom stereocenters. The van der Waals surface area contributed by atoms with E-state index in [9.17, 15) is 4.79 Å². The van der Waals surface area contributed by atoms with Crippen molar-refractivity contribution in [3.05, 3.63) is 0 Å². The smallest absolute Gasteiger partial charge is 0.411 e. The summed E-state index contributed by atoms with van der Waals surface area (Å²) in [6.45, 7) is 5.89. The Morgan fingerprint density at radius 2 is 2.41 bits per heavy atom. The largest absolute Gasteiger partial charge is 0.447 e. The highest BCUT2D eigenvalue weighted by Crippen LogP contribution is 2.33. The fourth-order valence-electron chi connectivity index (χ4n) is 2.38. The Hall–Kier alpha value is -0.460. The van der Waals surface area contributed by atoms with E-state index in [1.54, 1.807) is 0 Å². The van der Waals surface area contributed by atoms with Crippen molar-refractivity contribution in [1.29, 1.82) is 0 Å². The molecule has 0 radical (unpaired) electrons. The molecule has 6 heteroatoms. The molecule has 2 heterocycles. The maximum absolute atomic E-state index is 11.6. The van der Waals surface area contributed by atoms with Gasteiger partial charge in [0.05, 0.1) is 12.2 Å². The number of ether oxygens (including phenoxy) is 1. The van der Waals surface area contributed by atoms with Crippen molar-refractivity contribution in [2.75, 3.05) is 13.2 Å². The summed E-state index contributed by atoms with van der Waals surface area (Å²) in [5.74, 6) is 0.509. The molecule has 2 aliphatic rings. The van der Waals surface area contributed by atoms with Gasteiger partial charge < -0.3 is 4.74 Å². The molecule has 0 aromatic carbocycles. The van der Waals surface area contributed by atoms with Crippen molar-refractivity contribution < 1.29 is 9.53 Å². The monoisotopic (exact) mass is 259 g/mol. The molecule has 17 heavy (non-hydrogen) atoms. The van der Waals surface area contributed by atoms with Gasteiger partial charge in [-0.15, -0.1) is 0 Å². The molecule has 2 rings (SSSR count). The normalized spacial score (nSPS) is 31.8. The van der Waals surface area contributed by atoms with Crippen molar-refractivity contribution in [2.45, 2.75) is 45.3 Å². The average Bonchev–Trinajstić information content (AvgIpc) is 2.82. The minimum atomic E-state index is -0.175. The first-order valence-electron chi connectivity index (χ1n) is 6.33. The second kappa shape index (κ2) is 5.93. The molecule has 0 aliphatic carbocycles. The first-order chi connectivity index (χ1) is 8.24. The number of amides is 1. The van der Waals surface area contributed by atoms with Gasteiger partial charge in [0, 0.05) is 18.7 Å². The van der Waals surface area contributed by atoms with E-state index in [2.05, 4.69) is 23.3 Å². The van der Waals surface area contributed by atoms with Gasteiger partial charge in [0.2, 0.25) is 0 Å². The van der Waals surface area contributed by atoms with Crippen LogP contribution in [0.25, 0.3) is 0 Å². The van der Waals surface area contributed by atoms with Gasteiger partial charge >= 0.3 is 6.09 Å². The summed E-state index contributed by atoms with van der Waals surface area (Å²) >= 11 is 1.49. The van der Waals surface area contributed by atoms with Crippen LogP contribution < -0.4 is 9.44 Å². The molecule has 2 fully saturated rings. The van der Waals surface area contributed by atoms with Crippen LogP contribution in [0.3, 0.4) is 0 Å². The Morgan fingerprint density at radius 3 is 3.18 bits per heavy atom. The highest BCUT2D eigenvalue weighted by atomic mass is 32.2. The summed E-state index contributed by atoms with van der Waals surface area (Å²) in [5, 5.41) is 0. The van der Waals surface area contributed by atoms with Crippen molar-refractivity contribution in [2.24, 2.45) is 5.92 Å². The predicted molar refractivity (Wildman–Crippen MR) is 68.2 cm³/mol. The van der Waals surface area contributed by atoms with Gasteiger partial charge in [-0.1, -0.05) is 20.3 Å². The molecule has 98 valence electrons. The third-order valence-corrected chi connectivity index (χ3v) is 4.17. The third kappa shape index (κ3) is 2.86. The summed E-state index contributed by atoms with van der Waals surface area (Å²) in [6.07, 6.45) is 3.29. The standard InChI is InChI=1S/C11H21N3O2S/c1-3-4-5-12-17-13-10-6-8(2)9-7-16-11(15)14(9)10/h8-10,12-13H,3-7H2,1-2H3/t8-,9?,10?/m0/s1. The molecule has 3 atom stereocenters. The SMILES string of the molecule is CCCCNSNC1C[C@H](C)C2COC(=O)N12. The Kier molecular flexibility index (Phi) is 4.53. The zero-order valence-corrected chi connectivity index (χ0v) is 11.3. The molecule has 5 nitrogen and oxygen atoms in total. The van der Waals surface area contributed by atoms with Gasteiger partial charge in [0.25, 0.3) is 0 Å². The number of nitrogens with one attached hydrogen (secondary N) is 2. The fourth-order valence-corrected chi connectivity index (χ4v) is 3.06. The molecule has 2 saturated heterocycles. The number of carbonyl (C=O) groups excluding carboxylic acids is 1. The molecule has 0 aromatic heterocycles. The summed E-state index contributed by atoms with van der Waals surface area (Å²) in [7, 11) is 0. The van der Waals surface area contributed by atoms with Crippen molar-refractivity contribution >= 4 is 18.2 Å². The van der Waals surface area contributed by atoms with Gasteiger partial charge in [0.15, 0.2) is 0 Å². The lowest BCUT2D eigenvalue weighted by molar-refractivity contribution is 0.148. The van der Waals surface area contributed by atoms with Crippen molar-refractivity contribution in [3.63, 3.8) is 0 Å². The predicted octanol–water partition coefficient (Wildman–Crippen LogP) is 1.72. The lowest BCUT2D eigenvalue weighted by Crippen LogP contribution is -2.42. The van der Waals surface area contributed by atoms with E-state index in [4.69, 9.17) is 4.74 Å². The number of cyclic esters (lactones) is 1. The minimum Gasteiger partial charge on any atom is -0.447 e. The summed E-state index contributed by atoms with van der Waals surface area (Å²) in [4.78, 5) is 13.4. The first kappa shape index (κ1) is 13.0. The van der Waals surface area contributed by atoms with Crippen LogP contribution in [-0.4, -0.2) is 36.4 Å². The highest BCUT2D eigenvalue weighted by Gasteiger charge is 2.47. The number of rotatable bonds is 6.